The number of aromatic nitrogens is 2. The lowest BCUT2D eigenvalue weighted by molar-refractivity contribution is -0.136. The minimum absolute atomic E-state index is 0.0340. The zero-order chi connectivity index (χ0) is 26.0. The standard InChI is InChI=1S/C30H43N5O2/c1-4-5-18-34-29(37)33(21-25-12-8-6-9-13-25)28(36)30(34)16-19-32(20-17-30)22-27-23(2)31-35(24(27)3)26-14-10-7-11-15-26/h7,10-11,14-15,25H,4-6,8-9,12-13,16-22H2,1-3H3. The van der Waals surface area contributed by atoms with Crippen molar-refractivity contribution < 1.29 is 9.59 Å². The average molecular weight is 506 g/mol. The number of hydrogen-bond donors (Lipinski definition) is 0. The Balaban J connectivity index is 1.30. The van der Waals surface area contributed by atoms with Gasteiger partial charge in [0, 0.05) is 44.0 Å². The highest BCUT2D eigenvalue weighted by atomic mass is 16.2. The van der Waals surface area contributed by atoms with E-state index in [1.807, 2.05) is 27.8 Å². The topological polar surface area (TPSA) is 61.7 Å². The van der Waals surface area contributed by atoms with E-state index in [1.54, 1.807) is 4.90 Å². The van der Waals surface area contributed by atoms with Crippen molar-refractivity contribution in [2.75, 3.05) is 26.2 Å². The summed E-state index contributed by atoms with van der Waals surface area (Å²) in [5.41, 5.74) is 3.90. The highest BCUT2D eigenvalue weighted by Gasteiger charge is 2.57. The molecule has 1 aromatic heterocycles. The fourth-order valence-electron chi connectivity index (χ4n) is 6.71. The van der Waals surface area contributed by atoms with Crippen LogP contribution in [0.4, 0.5) is 4.79 Å². The monoisotopic (exact) mass is 505 g/mol. The number of hydrogen-bond acceptors (Lipinski definition) is 4. The molecule has 37 heavy (non-hydrogen) atoms. The first-order chi connectivity index (χ1) is 17.9. The summed E-state index contributed by atoms with van der Waals surface area (Å²) in [7, 11) is 0. The van der Waals surface area contributed by atoms with Crippen molar-refractivity contribution >= 4 is 11.9 Å². The SMILES string of the molecule is CCCCN1C(=O)N(CC2CCCCC2)C(=O)C12CCN(Cc1c(C)nn(-c3ccccc3)c1C)CC2. The number of rotatable bonds is 8. The minimum Gasteiger partial charge on any atom is -0.309 e. The van der Waals surface area contributed by atoms with Gasteiger partial charge in [-0.15, -0.1) is 0 Å². The lowest BCUT2D eigenvalue weighted by Crippen LogP contribution is -2.56. The highest BCUT2D eigenvalue weighted by Crippen LogP contribution is 2.39. The zero-order valence-corrected chi connectivity index (χ0v) is 22.9. The Hall–Kier alpha value is -2.67. The summed E-state index contributed by atoms with van der Waals surface area (Å²) in [5, 5.41) is 4.83. The van der Waals surface area contributed by atoms with Crippen LogP contribution in [0.15, 0.2) is 30.3 Å². The molecular formula is C30H43N5O2. The molecule has 3 amide bonds. The largest absolute Gasteiger partial charge is 0.327 e. The molecule has 200 valence electrons. The first kappa shape index (κ1) is 26.0. The molecule has 2 aliphatic heterocycles. The number of likely N-dealkylation sites (tertiary alicyclic amines) is 1. The average Bonchev–Trinajstić information content (AvgIpc) is 3.30. The molecule has 0 radical (unpaired) electrons. The molecule has 7 heteroatoms. The summed E-state index contributed by atoms with van der Waals surface area (Å²) in [5.74, 6) is 0.542. The Morgan fingerprint density at radius 3 is 2.38 bits per heavy atom. The van der Waals surface area contributed by atoms with Gasteiger partial charge in [0.1, 0.15) is 5.54 Å². The predicted octanol–water partition coefficient (Wildman–Crippen LogP) is 5.47. The van der Waals surface area contributed by atoms with Crippen LogP contribution in [0.1, 0.15) is 81.7 Å². The Bertz CT molecular complexity index is 1100. The Morgan fingerprint density at radius 1 is 1.00 bits per heavy atom. The molecule has 2 saturated heterocycles. The van der Waals surface area contributed by atoms with Gasteiger partial charge in [0.15, 0.2) is 0 Å². The number of para-hydroxylation sites is 1. The molecule has 5 rings (SSSR count). The van der Waals surface area contributed by atoms with E-state index in [0.29, 0.717) is 31.8 Å². The van der Waals surface area contributed by atoms with Crippen molar-refractivity contribution in [2.45, 2.75) is 90.6 Å². The maximum atomic E-state index is 13.9. The second kappa shape index (κ2) is 11.0. The summed E-state index contributed by atoms with van der Waals surface area (Å²) < 4.78 is 2.03. The van der Waals surface area contributed by atoms with Gasteiger partial charge < -0.3 is 4.90 Å². The van der Waals surface area contributed by atoms with Gasteiger partial charge in [-0.05, 0) is 64.0 Å². The van der Waals surface area contributed by atoms with Crippen molar-refractivity contribution in [3.05, 3.63) is 47.3 Å². The molecule has 1 aromatic carbocycles. The van der Waals surface area contributed by atoms with Gasteiger partial charge in [-0.25, -0.2) is 9.48 Å². The fraction of sp³-hybridized carbons (Fsp3) is 0.633. The zero-order valence-electron chi connectivity index (χ0n) is 22.9. The third-order valence-corrected chi connectivity index (χ3v) is 9.03. The van der Waals surface area contributed by atoms with Crippen LogP contribution >= 0.6 is 0 Å². The van der Waals surface area contributed by atoms with E-state index in [4.69, 9.17) is 5.10 Å². The van der Waals surface area contributed by atoms with E-state index in [9.17, 15) is 9.59 Å². The summed E-state index contributed by atoms with van der Waals surface area (Å²) >= 11 is 0. The van der Waals surface area contributed by atoms with Gasteiger partial charge >= 0.3 is 6.03 Å². The van der Waals surface area contributed by atoms with Crippen LogP contribution in [-0.2, 0) is 11.3 Å². The molecule has 3 fully saturated rings. The van der Waals surface area contributed by atoms with E-state index >= 15 is 0 Å². The van der Waals surface area contributed by atoms with Crippen molar-refractivity contribution in [3.8, 4) is 5.69 Å². The number of carbonyl (C=O) groups excluding carboxylic acids is 2. The maximum absolute atomic E-state index is 13.9. The molecular weight excluding hydrogens is 462 g/mol. The van der Waals surface area contributed by atoms with Gasteiger partial charge in [-0.3, -0.25) is 14.6 Å². The number of carbonyl (C=O) groups is 2. The molecule has 1 aliphatic carbocycles. The number of benzene rings is 1. The van der Waals surface area contributed by atoms with Crippen LogP contribution < -0.4 is 0 Å². The van der Waals surface area contributed by atoms with Crippen LogP contribution in [-0.4, -0.2) is 68.1 Å². The second-order valence-electron chi connectivity index (χ2n) is 11.4. The molecule has 0 atom stereocenters. The summed E-state index contributed by atoms with van der Waals surface area (Å²) in [6.07, 6.45) is 9.40. The summed E-state index contributed by atoms with van der Waals surface area (Å²) in [6, 6.07) is 10.2. The lowest BCUT2D eigenvalue weighted by atomic mass is 9.84. The van der Waals surface area contributed by atoms with E-state index < -0.39 is 5.54 Å². The lowest BCUT2D eigenvalue weighted by Gasteiger charge is -2.42. The number of aryl methyl sites for hydroxylation is 1. The molecule has 0 unspecified atom stereocenters. The first-order valence-electron chi connectivity index (χ1n) is 14.4. The number of unbranched alkanes of at least 4 members (excludes halogenated alkanes) is 1. The fourth-order valence-corrected chi connectivity index (χ4v) is 6.71. The van der Waals surface area contributed by atoms with Crippen molar-refractivity contribution in [2.24, 2.45) is 5.92 Å². The number of piperidine rings is 1. The van der Waals surface area contributed by atoms with Crippen LogP contribution in [0.25, 0.3) is 5.69 Å². The molecule has 2 aromatic rings. The third kappa shape index (κ3) is 4.95. The molecule has 1 spiro atoms. The maximum Gasteiger partial charge on any atom is 0.327 e. The summed E-state index contributed by atoms with van der Waals surface area (Å²) in [6.45, 7) is 10.1. The minimum atomic E-state index is -0.657. The quantitative estimate of drug-likeness (QED) is 0.447. The van der Waals surface area contributed by atoms with E-state index in [1.165, 1.54) is 30.5 Å². The van der Waals surface area contributed by atoms with Gasteiger partial charge in [0.05, 0.1) is 11.4 Å². The smallest absolute Gasteiger partial charge is 0.309 e. The highest BCUT2D eigenvalue weighted by molar-refractivity contribution is 6.07. The van der Waals surface area contributed by atoms with Crippen molar-refractivity contribution in [1.82, 2.24) is 24.5 Å². The summed E-state index contributed by atoms with van der Waals surface area (Å²) in [4.78, 5) is 33.5. The van der Waals surface area contributed by atoms with E-state index in [-0.39, 0.29) is 11.9 Å². The van der Waals surface area contributed by atoms with E-state index in [2.05, 4.69) is 37.8 Å². The molecule has 0 bridgehead atoms. The van der Waals surface area contributed by atoms with Gasteiger partial charge in [-0.1, -0.05) is 50.8 Å². The Labute approximate surface area is 221 Å². The van der Waals surface area contributed by atoms with Crippen LogP contribution in [0.5, 0.6) is 0 Å². The van der Waals surface area contributed by atoms with Crippen molar-refractivity contribution in [3.63, 3.8) is 0 Å². The van der Waals surface area contributed by atoms with Gasteiger partial charge in [0.25, 0.3) is 5.91 Å². The van der Waals surface area contributed by atoms with E-state index in [0.717, 1.165) is 56.7 Å². The van der Waals surface area contributed by atoms with Crippen LogP contribution in [0, 0.1) is 19.8 Å². The number of imide groups is 1. The molecule has 1 saturated carbocycles. The van der Waals surface area contributed by atoms with Crippen LogP contribution in [0.2, 0.25) is 0 Å². The molecule has 3 heterocycles. The number of nitrogens with zero attached hydrogens (tertiary/aromatic N) is 5. The predicted molar refractivity (Wildman–Crippen MR) is 146 cm³/mol. The molecule has 7 nitrogen and oxygen atoms in total. The number of urea groups is 1. The second-order valence-corrected chi connectivity index (χ2v) is 11.4. The van der Waals surface area contributed by atoms with Crippen LogP contribution in [0.3, 0.4) is 0 Å². The van der Waals surface area contributed by atoms with Gasteiger partial charge in [0.2, 0.25) is 0 Å². The molecule has 3 aliphatic rings. The van der Waals surface area contributed by atoms with Crippen molar-refractivity contribution in [1.29, 1.82) is 0 Å². The van der Waals surface area contributed by atoms with Gasteiger partial charge in [-0.2, -0.15) is 5.10 Å². The number of amides is 3. The Kier molecular flexibility index (Phi) is 7.70. The normalized spacial score (nSPS) is 20.9. The Morgan fingerprint density at radius 2 is 1.70 bits per heavy atom. The molecule has 0 N–H and O–H groups in total. The first-order valence-corrected chi connectivity index (χ1v) is 14.4. The third-order valence-electron chi connectivity index (χ3n) is 9.03.